The zero-order valence-electron chi connectivity index (χ0n) is 16.8. The van der Waals surface area contributed by atoms with Crippen LogP contribution in [0.25, 0.3) is 0 Å². The van der Waals surface area contributed by atoms with Crippen molar-refractivity contribution in [2.45, 2.75) is 56.3 Å². The van der Waals surface area contributed by atoms with Gasteiger partial charge >= 0.3 is 5.97 Å². The number of fused-ring (bicyclic) bond motifs is 3. The number of aliphatic hydroxyl groups excluding tert-OH is 1. The lowest BCUT2D eigenvalue weighted by Crippen LogP contribution is -2.47. The first-order chi connectivity index (χ1) is 14.1. The van der Waals surface area contributed by atoms with Crippen LogP contribution >= 0.6 is 0 Å². The summed E-state index contributed by atoms with van der Waals surface area (Å²) < 4.78 is 22.8. The van der Waals surface area contributed by atoms with Crippen molar-refractivity contribution in [3.8, 4) is 11.5 Å². The topological polar surface area (TPSA) is 77.5 Å². The second-order valence-electron chi connectivity index (χ2n) is 8.25. The molecular formula is C22H27NO6. The van der Waals surface area contributed by atoms with Crippen LogP contribution in [0.3, 0.4) is 0 Å². The van der Waals surface area contributed by atoms with Crippen molar-refractivity contribution in [2.75, 3.05) is 27.0 Å². The lowest BCUT2D eigenvalue weighted by atomic mass is 9.77. The molecule has 1 aliphatic carbocycles. The number of esters is 1. The van der Waals surface area contributed by atoms with Gasteiger partial charge in [0, 0.05) is 6.54 Å². The Morgan fingerprint density at radius 2 is 2.14 bits per heavy atom. The van der Waals surface area contributed by atoms with E-state index < -0.39 is 18.2 Å². The van der Waals surface area contributed by atoms with E-state index in [9.17, 15) is 9.90 Å². The number of hydrogen-bond acceptors (Lipinski definition) is 7. The van der Waals surface area contributed by atoms with E-state index in [-0.39, 0.29) is 18.2 Å². The van der Waals surface area contributed by atoms with E-state index in [0.29, 0.717) is 12.2 Å². The van der Waals surface area contributed by atoms with Crippen molar-refractivity contribution in [3.63, 3.8) is 0 Å². The Morgan fingerprint density at radius 3 is 2.90 bits per heavy atom. The number of hydrogen-bond donors (Lipinski definition) is 1. The minimum atomic E-state index is -1.13. The molecule has 0 radical (unpaired) electrons. The first-order valence-electron chi connectivity index (χ1n) is 10.4. The van der Waals surface area contributed by atoms with Crippen LogP contribution in [0, 0.1) is 0 Å². The van der Waals surface area contributed by atoms with Gasteiger partial charge in [-0.2, -0.15) is 0 Å². The number of aliphatic hydroxyl groups is 1. The van der Waals surface area contributed by atoms with Gasteiger partial charge in [0.2, 0.25) is 6.79 Å². The molecule has 156 valence electrons. The minimum absolute atomic E-state index is 0.111. The summed E-state index contributed by atoms with van der Waals surface area (Å²) in [4.78, 5) is 15.0. The molecule has 4 aliphatic rings. The molecule has 1 spiro atoms. The normalized spacial score (nSPS) is 30.7. The Kier molecular flexibility index (Phi) is 4.47. The van der Waals surface area contributed by atoms with Crippen LogP contribution in [0.5, 0.6) is 11.5 Å². The number of ether oxygens (including phenoxy) is 4. The third kappa shape index (κ3) is 2.74. The zero-order chi connectivity index (χ0) is 20.2. The molecule has 1 fully saturated rings. The molecule has 1 N–H and O–H groups in total. The highest BCUT2D eigenvalue weighted by molar-refractivity contribution is 5.75. The third-order valence-corrected chi connectivity index (χ3v) is 6.87. The summed E-state index contributed by atoms with van der Waals surface area (Å²) in [6, 6.07) is 4.12. The molecule has 1 unspecified atom stereocenters. The van der Waals surface area contributed by atoms with Crippen LogP contribution in [0.1, 0.15) is 43.2 Å². The maximum absolute atomic E-state index is 12.5. The van der Waals surface area contributed by atoms with Crippen LogP contribution in [-0.2, 0) is 20.7 Å². The van der Waals surface area contributed by atoms with Gasteiger partial charge in [0.15, 0.2) is 23.7 Å². The van der Waals surface area contributed by atoms with Gasteiger partial charge in [0.25, 0.3) is 0 Å². The number of methoxy groups -OCH3 is 1. The summed E-state index contributed by atoms with van der Waals surface area (Å²) in [6.45, 7) is 3.91. The summed E-state index contributed by atoms with van der Waals surface area (Å²) in [6.07, 6.45) is 3.72. The molecule has 1 aromatic carbocycles. The van der Waals surface area contributed by atoms with Crippen molar-refractivity contribution in [2.24, 2.45) is 0 Å². The molecule has 5 rings (SSSR count). The van der Waals surface area contributed by atoms with Gasteiger partial charge < -0.3 is 24.1 Å². The van der Waals surface area contributed by atoms with Gasteiger partial charge in [-0.05, 0) is 61.6 Å². The first-order valence-corrected chi connectivity index (χ1v) is 10.4. The van der Waals surface area contributed by atoms with Crippen molar-refractivity contribution in [1.82, 2.24) is 4.90 Å². The van der Waals surface area contributed by atoms with Gasteiger partial charge in [-0.15, -0.1) is 0 Å². The SMILES string of the molecule is CCC(O)C(=O)O[C@@H]1C(OC)=C[C@]23CCCN2CCc2cc4c(cc2[C@H]13)OCO4. The van der Waals surface area contributed by atoms with E-state index in [4.69, 9.17) is 18.9 Å². The Hall–Kier alpha value is -2.25. The van der Waals surface area contributed by atoms with Gasteiger partial charge in [0.1, 0.15) is 5.76 Å². The largest absolute Gasteiger partial charge is 0.497 e. The van der Waals surface area contributed by atoms with E-state index in [1.165, 1.54) is 5.56 Å². The van der Waals surface area contributed by atoms with Crippen molar-refractivity contribution >= 4 is 5.97 Å². The molecule has 1 saturated heterocycles. The van der Waals surface area contributed by atoms with Crippen molar-refractivity contribution < 1.29 is 28.8 Å². The van der Waals surface area contributed by atoms with Gasteiger partial charge in [-0.3, -0.25) is 4.90 Å². The van der Waals surface area contributed by atoms with E-state index in [1.807, 2.05) is 0 Å². The number of benzene rings is 1. The molecule has 7 nitrogen and oxygen atoms in total. The van der Waals surface area contributed by atoms with Crippen LogP contribution in [-0.4, -0.2) is 60.7 Å². The summed E-state index contributed by atoms with van der Waals surface area (Å²) >= 11 is 0. The van der Waals surface area contributed by atoms with Crippen LogP contribution in [0.4, 0.5) is 0 Å². The summed E-state index contributed by atoms with van der Waals surface area (Å²) in [5.74, 6) is 1.44. The maximum Gasteiger partial charge on any atom is 0.335 e. The quantitative estimate of drug-likeness (QED) is 0.775. The number of carbonyl (C=O) groups is 1. The van der Waals surface area contributed by atoms with E-state index >= 15 is 0 Å². The first kappa shape index (κ1) is 18.8. The fraction of sp³-hybridized carbons (Fsp3) is 0.591. The van der Waals surface area contributed by atoms with Crippen molar-refractivity contribution in [1.29, 1.82) is 0 Å². The van der Waals surface area contributed by atoms with Gasteiger partial charge in [0.05, 0.1) is 18.6 Å². The standard InChI is InChI=1S/C22H27NO6/c1-3-15(24)21(25)29-20-18(26-2)11-22-6-4-7-23(22)8-5-13-9-16-17(28-12-27-16)10-14(13)19(20)22/h9-11,15,19-20,24H,3-8,12H2,1-2H3/t15?,19-,20-,22+/m1/s1. The third-order valence-electron chi connectivity index (χ3n) is 6.87. The smallest absolute Gasteiger partial charge is 0.335 e. The zero-order valence-corrected chi connectivity index (χ0v) is 16.8. The lowest BCUT2D eigenvalue weighted by molar-refractivity contribution is -0.160. The predicted molar refractivity (Wildman–Crippen MR) is 104 cm³/mol. The average Bonchev–Trinajstić information content (AvgIpc) is 3.41. The molecule has 0 saturated carbocycles. The Bertz CT molecular complexity index is 867. The molecule has 3 aliphatic heterocycles. The van der Waals surface area contributed by atoms with Crippen molar-refractivity contribution in [3.05, 3.63) is 35.1 Å². The second kappa shape index (κ2) is 6.92. The fourth-order valence-corrected chi connectivity index (χ4v) is 5.46. The monoisotopic (exact) mass is 401 g/mol. The van der Waals surface area contributed by atoms with Crippen LogP contribution < -0.4 is 9.47 Å². The summed E-state index contributed by atoms with van der Waals surface area (Å²) in [5.41, 5.74) is 2.05. The highest BCUT2D eigenvalue weighted by Gasteiger charge is 2.58. The molecule has 0 aromatic heterocycles. The van der Waals surface area contributed by atoms with E-state index in [0.717, 1.165) is 49.4 Å². The molecule has 29 heavy (non-hydrogen) atoms. The molecule has 0 bridgehead atoms. The molecule has 1 aromatic rings. The molecule has 3 heterocycles. The molecule has 4 atom stereocenters. The predicted octanol–water partition coefficient (Wildman–Crippen LogP) is 2.12. The summed E-state index contributed by atoms with van der Waals surface area (Å²) in [5, 5.41) is 10.0. The number of nitrogens with zero attached hydrogens (tertiary/aromatic N) is 1. The number of carbonyl (C=O) groups excluding carboxylic acids is 1. The number of rotatable bonds is 4. The molecular weight excluding hydrogens is 374 g/mol. The van der Waals surface area contributed by atoms with E-state index in [1.54, 1.807) is 14.0 Å². The Balaban J connectivity index is 1.63. The Morgan fingerprint density at radius 1 is 1.34 bits per heavy atom. The van der Waals surface area contributed by atoms with Crippen LogP contribution in [0.15, 0.2) is 24.0 Å². The van der Waals surface area contributed by atoms with E-state index in [2.05, 4.69) is 23.1 Å². The summed E-state index contributed by atoms with van der Waals surface area (Å²) in [7, 11) is 1.62. The average molecular weight is 401 g/mol. The van der Waals surface area contributed by atoms with Gasteiger partial charge in [-0.25, -0.2) is 4.79 Å². The van der Waals surface area contributed by atoms with Crippen LogP contribution in [0.2, 0.25) is 0 Å². The Labute approximate surface area is 170 Å². The molecule has 0 amide bonds. The fourth-order valence-electron chi connectivity index (χ4n) is 5.46. The molecule has 7 heteroatoms. The highest BCUT2D eigenvalue weighted by atomic mass is 16.7. The highest BCUT2D eigenvalue weighted by Crippen LogP contribution is 2.55. The van der Waals surface area contributed by atoms with Gasteiger partial charge in [-0.1, -0.05) is 6.92 Å². The second-order valence-corrected chi connectivity index (χ2v) is 8.25. The lowest BCUT2D eigenvalue weighted by Gasteiger charge is -2.39. The minimum Gasteiger partial charge on any atom is -0.497 e. The maximum atomic E-state index is 12.5.